The zero-order valence-electron chi connectivity index (χ0n) is 9.27. The molecular weight excluding hydrogens is 229 g/mol. The normalized spacial score (nSPS) is 24.2. The van der Waals surface area contributed by atoms with Gasteiger partial charge in [0.05, 0.1) is 18.4 Å². The van der Waals surface area contributed by atoms with Crippen molar-refractivity contribution in [2.24, 2.45) is 0 Å². The van der Waals surface area contributed by atoms with E-state index in [1.807, 2.05) is 0 Å². The molecule has 0 aliphatic carbocycles. The summed E-state index contributed by atoms with van der Waals surface area (Å²) >= 11 is 1.49. The standard InChI is InChI=1S/C8H9NO4S.Na.H/c10-2-4-3-14-6-1-5(11)9(6)7(4)8(12)13;;/h6,10H,1-3H2,(H,12,13);;/q;+1;-1/t6-;;/m1../s1. The van der Waals surface area contributed by atoms with Gasteiger partial charge in [0.15, 0.2) is 0 Å². The molecule has 1 amide bonds. The first-order valence-electron chi connectivity index (χ1n) is 4.15. The Morgan fingerprint density at radius 3 is 2.80 bits per heavy atom. The van der Waals surface area contributed by atoms with E-state index in [-0.39, 0.29) is 54.6 Å². The Hall–Kier alpha value is -0.0100. The molecule has 1 fully saturated rings. The maximum atomic E-state index is 11.2. The summed E-state index contributed by atoms with van der Waals surface area (Å²) < 4.78 is 0. The Balaban J connectivity index is 0.00000112. The predicted octanol–water partition coefficient (Wildman–Crippen LogP) is -3.26. The second-order valence-corrected chi connectivity index (χ2v) is 4.32. The van der Waals surface area contributed by atoms with Gasteiger partial charge in [0.1, 0.15) is 5.70 Å². The van der Waals surface area contributed by atoms with Crippen LogP contribution in [0.3, 0.4) is 0 Å². The summed E-state index contributed by atoms with van der Waals surface area (Å²) in [5.41, 5.74) is 0.402. The van der Waals surface area contributed by atoms with E-state index in [1.54, 1.807) is 0 Å². The van der Waals surface area contributed by atoms with E-state index in [0.717, 1.165) is 0 Å². The smallest absolute Gasteiger partial charge is 1.00 e. The van der Waals surface area contributed by atoms with Crippen LogP contribution in [0.1, 0.15) is 7.85 Å². The van der Waals surface area contributed by atoms with Crippen LogP contribution in [0, 0.1) is 0 Å². The van der Waals surface area contributed by atoms with Crippen LogP contribution in [0.15, 0.2) is 11.3 Å². The Bertz CT molecular complexity index is 349. The van der Waals surface area contributed by atoms with Gasteiger partial charge < -0.3 is 11.6 Å². The maximum absolute atomic E-state index is 11.2. The molecule has 5 nitrogen and oxygen atoms in total. The third-order valence-corrected chi connectivity index (χ3v) is 3.60. The molecule has 15 heavy (non-hydrogen) atoms. The van der Waals surface area contributed by atoms with Crippen LogP contribution in [0.4, 0.5) is 0 Å². The fraction of sp³-hybridized carbons (Fsp3) is 0.500. The van der Waals surface area contributed by atoms with Crippen molar-refractivity contribution in [3.63, 3.8) is 0 Å². The first-order chi connectivity index (χ1) is 6.65. The van der Waals surface area contributed by atoms with Crippen molar-refractivity contribution < 1.29 is 50.8 Å². The summed E-state index contributed by atoms with van der Waals surface area (Å²) in [6.07, 6.45) is 0.403. The van der Waals surface area contributed by atoms with Crippen molar-refractivity contribution in [2.75, 3.05) is 12.4 Å². The van der Waals surface area contributed by atoms with Gasteiger partial charge in [-0.25, -0.2) is 4.79 Å². The van der Waals surface area contributed by atoms with Gasteiger partial charge in [0.2, 0.25) is 5.91 Å². The number of aliphatic carboxylic acids is 1. The summed E-state index contributed by atoms with van der Waals surface area (Å²) in [6, 6.07) is 0. The fourth-order valence-corrected chi connectivity index (χ4v) is 2.85. The summed E-state index contributed by atoms with van der Waals surface area (Å²) in [6.45, 7) is -0.300. The first-order valence-corrected chi connectivity index (χ1v) is 5.20. The second-order valence-electron chi connectivity index (χ2n) is 3.15. The van der Waals surface area contributed by atoms with Gasteiger partial charge in [0.25, 0.3) is 0 Å². The van der Waals surface area contributed by atoms with Crippen LogP contribution in [0.2, 0.25) is 0 Å². The van der Waals surface area contributed by atoms with Crippen molar-refractivity contribution in [2.45, 2.75) is 11.8 Å². The van der Waals surface area contributed by atoms with E-state index in [9.17, 15) is 9.59 Å². The van der Waals surface area contributed by atoms with Gasteiger partial charge in [-0.15, -0.1) is 11.8 Å². The molecule has 78 valence electrons. The number of carbonyl (C=O) groups excluding carboxylic acids is 1. The molecule has 0 aromatic heterocycles. The van der Waals surface area contributed by atoms with Crippen LogP contribution in [-0.2, 0) is 9.59 Å². The van der Waals surface area contributed by atoms with E-state index in [0.29, 0.717) is 17.7 Å². The molecule has 2 aliphatic heterocycles. The summed E-state index contributed by atoms with van der Waals surface area (Å²) in [4.78, 5) is 23.3. The Morgan fingerprint density at radius 2 is 2.33 bits per heavy atom. The van der Waals surface area contributed by atoms with Crippen LogP contribution in [0.5, 0.6) is 0 Å². The minimum Gasteiger partial charge on any atom is -1.00 e. The molecule has 0 unspecified atom stereocenters. The summed E-state index contributed by atoms with van der Waals surface area (Å²) in [5.74, 6) is -0.815. The fourth-order valence-electron chi connectivity index (χ4n) is 1.60. The van der Waals surface area contributed by atoms with Gasteiger partial charge >= 0.3 is 35.5 Å². The van der Waals surface area contributed by atoms with E-state index in [1.165, 1.54) is 16.7 Å². The number of amides is 1. The van der Waals surface area contributed by atoms with Gasteiger partial charge in [-0.1, -0.05) is 0 Å². The van der Waals surface area contributed by atoms with Crippen molar-refractivity contribution in [1.82, 2.24) is 4.90 Å². The van der Waals surface area contributed by atoms with Gasteiger partial charge in [0, 0.05) is 5.75 Å². The number of carbonyl (C=O) groups is 2. The maximum Gasteiger partial charge on any atom is 1.00 e. The molecule has 0 aromatic rings. The van der Waals surface area contributed by atoms with Crippen molar-refractivity contribution in [3.05, 3.63) is 11.3 Å². The average molecular weight is 239 g/mol. The van der Waals surface area contributed by atoms with Crippen LogP contribution in [-0.4, -0.2) is 44.7 Å². The van der Waals surface area contributed by atoms with Crippen LogP contribution in [0.25, 0.3) is 0 Å². The van der Waals surface area contributed by atoms with E-state index in [4.69, 9.17) is 10.2 Å². The van der Waals surface area contributed by atoms with Gasteiger partial charge in [-0.05, 0) is 5.57 Å². The third kappa shape index (κ3) is 2.09. The number of β-lactam (4-membered cyclic amide) rings is 1. The number of rotatable bonds is 2. The largest absolute Gasteiger partial charge is 1.00 e. The molecule has 2 heterocycles. The van der Waals surface area contributed by atoms with Crippen molar-refractivity contribution in [1.29, 1.82) is 0 Å². The van der Waals surface area contributed by atoms with E-state index in [2.05, 4.69) is 0 Å². The number of aliphatic hydroxyl groups excluding tert-OH is 1. The first kappa shape index (κ1) is 13.1. The number of nitrogens with zero attached hydrogens (tertiary/aromatic N) is 1. The monoisotopic (exact) mass is 239 g/mol. The van der Waals surface area contributed by atoms with Crippen molar-refractivity contribution in [3.8, 4) is 0 Å². The number of carboxylic acid groups (broad SMARTS) is 1. The van der Waals surface area contributed by atoms with Gasteiger partial charge in [-0.3, -0.25) is 9.69 Å². The molecule has 0 saturated carbocycles. The summed E-state index contributed by atoms with van der Waals surface area (Å²) in [7, 11) is 0. The molecule has 1 saturated heterocycles. The molecule has 0 bridgehead atoms. The Kier molecular flexibility index (Phi) is 4.25. The topological polar surface area (TPSA) is 77.8 Å². The molecule has 0 aromatic carbocycles. The minimum absolute atomic E-state index is 0. The number of hydrogen-bond acceptors (Lipinski definition) is 4. The van der Waals surface area contributed by atoms with Crippen molar-refractivity contribution >= 4 is 23.6 Å². The molecule has 0 spiro atoms. The van der Waals surface area contributed by atoms with E-state index < -0.39 is 5.97 Å². The predicted molar refractivity (Wildman–Crippen MR) is 50.6 cm³/mol. The number of carboxylic acids is 1. The van der Waals surface area contributed by atoms with Crippen LogP contribution >= 0.6 is 11.8 Å². The number of aliphatic hydroxyl groups is 1. The Morgan fingerprint density at radius 1 is 1.67 bits per heavy atom. The SMILES string of the molecule is O=C(O)C1=C(CO)CS[C@@H]2CC(=O)N12.[H-].[Na+]. The summed E-state index contributed by atoms with van der Waals surface area (Å²) in [5, 5.41) is 17.8. The molecule has 7 heteroatoms. The quantitative estimate of drug-likeness (QED) is 0.391. The number of thioether (sulfide) groups is 1. The van der Waals surface area contributed by atoms with Gasteiger partial charge in [-0.2, -0.15) is 0 Å². The molecular formula is C8H10NNaO4S. The van der Waals surface area contributed by atoms with Crippen LogP contribution < -0.4 is 29.6 Å². The zero-order chi connectivity index (χ0) is 10.3. The number of hydrogen-bond donors (Lipinski definition) is 2. The molecule has 2 N–H and O–H groups in total. The molecule has 2 aliphatic rings. The number of fused-ring (bicyclic) bond motifs is 1. The molecule has 0 radical (unpaired) electrons. The average Bonchev–Trinajstić information content (AvgIpc) is 2.15. The van der Waals surface area contributed by atoms with E-state index >= 15 is 0 Å². The molecule has 2 rings (SSSR count). The zero-order valence-corrected chi connectivity index (χ0v) is 11.1. The third-order valence-electron chi connectivity index (χ3n) is 2.33. The Labute approximate surface area is 114 Å². The minimum atomic E-state index is -1.13. The second kappa shape index (κ2) is 4.88. The molecule has 1 atom stereocenters.